The molecule has 3 nitrogen and oxygen atoms in total. The number of rotatable bonds is 7. The van der Waals surface area contributed by atoms with Crippen molar-refractivity contribution in [1.29, 1.82) is 0 Å². The highest BCUT2D eigenvalue weighted by Crippen LogP contribution is 2.23. The summed E-state index contributed by atoms with van der Waals surface area (Å²) in [5.41, 5.74) is 0.881. The van der Waals surface area contributed by atoms with Crippen LogP contribution in [0.1, 0.15) is 18.6 Å². The highest BCUT2D eigenvalue weighted by atomic mass is 32.2. The molecule has 18 heavy (non-hydrogen) atoms. The molecule has 1 rings (SSSR count). The number of ether oxygens (including phenoxy) is 1. The van der Waals surface area contributed by atoms with Crippen molar-refractivity contribution in [2.75, 3.05) is 26.6 Å². The molecule has 5 heteroatoms. The van der Waals surface area contributed by atoms with Crippen LogP contribution in [0.2, 0.25) is 0 Å². The summed E-state index contributed by atoms with van der Waals surface area (Å²) in [5, 5.41) is 2.89. The summed E-state index contributed by atoms with van der Waals surface area (Å²) in [7, 11) is 3.26. The van der Waals surface area contributed by atoms with Gasteiger partial charge in [0.1, 0.15) is 12.4 Å². The molecule has 3 atom stereocenters. The molecule has 102 valence electrons. The van der Waals surface area contributed by atoms with Crippen molar-refractivity contribution in [2.24, 2.45) is 0 Å². The first-order valence-corrected chi connectivity index (χ1v) is 7.24. The van der Waals surface area contributed by atoms with Gasteiger partial charge in [-0.25, -0.2) is 4.39 Å². The smallest absolute Gasteiger partial charge is 0.152 e. The molecule has 0 saturated carbocycles. The van der Waals surface area contributed by atoms with Crippen molar-refractivity contribution in [3.05, 3.63) is 29.8 Å². The lowest BCUT2D eigenvalue weighted by atomic mass is 10.0. The normalized spacial score (nSPS) is 16.3. The first-order chi connectivity index (χ1) is 8.67. The highest BCUT2D eigenvalue weighted by Gasteiger charge is 2.22. The van der Waals surface area contributed by atoms with Crippen LogP contribution in [0.4, 0.5) is 4.39 Å². The number of alkyl halides is 1. The van der Waals surface area contributed by atoms with Gasteiger partial charge in [-0.2, -0.15) is 0 Å². The molecular weight excluding hydrogens is 253 g/mol. The van der Waals surface area contributed by atoms with Crippen LogP contribution < -0.4 is 5.32 Å². The Morgan fingerprint density at radius 3 is 2.39 bits per heavy atom. The lowest BCUT2D eigenvalue weighted by molar-refractivity contribution is 0.0615. The Morgan fingerprint density at radius 1 is 1.39 bits per heavy atom. The van der Waals surface area contributed by atoms with Gasteiger partial charge in [-0.1, -0.05) is 12.1 Å². The zero-order valence-corrected chi connectivity index (χ0v) is 11.8. The van der Waals surface area contributed by atoms with E-state index in [4.69, 9.17) is 4.74 Å². The summed E-state index contributed by atoms with van der Waals surface area (Å²) >= 11 is -0.959. The quantitative estimate of drug-likeness (QED) is 0.773. The van der Waals surface area contributed by atoms with E-state index in [1.54, 1.807) is 14.2 Å². The number of halogens is 1. The molecule has 0 aliphatic carbocycles. The Morgan fingerprint density at radius 2 is 2.00 bits per heavy atom. The number of hydrogen-bond acceptors (Lipinski definition) is 3. The van der Waals surface area contributed by atoms with Gasteiger partial charge < -0.3 is 14.6 Å². The van der Waals surface area contributed by atoms with E-state index in [0.717, 1.165) is 10.5 Å². The first kappa shape index (κ1) is 15.4. The minimum absolute atomic E-state index is 0.343. The number of nitrogens with one attached hydrogen (secondary N) is 1. The molecule has 0 fully saturated rings. The van der Waals surface area contributed by atoms with Gasteiger partial charge in [0, 0.05) is 7.11 Å². The van der Waals surface area contributed by atoms with Gasteiger partial charge in [-0.3, -0.25) is 0 Å². The van der Waals surface area contributed by atoms with E-state index in [0.29, 0.717) is 5.75 Å². The molecule has 1 N–H and O–H groups in total. The van der Waals surface area contributed by atoms with E-state index in [1.165, 1.54) is 0 Å². The maximum atomic E-state index is 12.9. The predicted octanol–water partition coefficient (Wildman–Crippen LogP) is 2.06. The fraction of sp³-hybridized carbons (Fsp3) is 0.538. The zero-order valence-electron chi connectivity index (χ0n) is 11.0. The Balaban J connectivity index is 2.87. The molecule has 0 amide bonds. The van der Waals surface area contributed by atoms with E-state index in [1.807, 2.05) is 31.2 Å². The molecule has 0 radical (unpaired) electrons. The Bertz CT molecular complexity index is 343. The minimum Gasteiger partial charge on any atom is -0.611 e. The summed E-state index contributed by atoms with van der Waals surface area (Å²) in [5.74, 6) is 0.594. The number of benzene rings is 1. The first-order valence-electron chi connectivity index (χ1n) is 5.92. The maximum Gasteiger partial charge on any atom is 0.152 e. The van der Waals surface area contributed by atoms with Gasteiger partial charge in [-0.15, -0.1) is 0 Å². The average Bonchev–Trinajstić information content (AvgIpc) is 2.44. The summed E-state index contributed by atoms with van der Waals surface area (Å²) in [4.78, 5) is 0.789. The van der Waals surface area contributed by atoms with Gasteiger partial charge in [0.2, 0.25) is 0 Å². The van der Waals surface area contributed by atoms with E-state index < -0.39 is 17.9 Å². The lowest BCUT2D eigenvalue weighted by Gasteiger charge is -2.23. The molecule has 0 bridgehead atoms. The second-order valence-corrected chi connectivity index (χ2v) is 5.65. The van der Waals surface area contributed by atoms with Crippen LogP contribution in [-0.2, 0) is 15.9 Å². The van der Waals surface area contributed by atoms with Crippen LogP contribution in [0.5, 0.6) is 0 Å². The van der Waals surface area contributed by atoms with E-state index >= 15 is 0 Å². The van der Waals surface area contributed by atoms with Crippen molar-refractivity contribution in [2.45, 2.75) is 24.0 Å². The van der Waals surface area contributed by atoms with Crippen molar-refractivity contribution in [1.82, 2.24) is 5.32 Å². The molecule has 0 aliphatic heterocycles. The largest absolute Gasteiger partial charge is 0.611 e. The van der Waals surface area contributed by atoms with E-state index in [2.05, 4.69) is 5.32 Å². The zero-order chi connectivity index (χ0) is 13.5. The average molecular weight is 273 g/mol. The molecule has 0 aromatic heterocycles. The monoisotopic (exact) mass is 273 g/mol. The summed E-state index contributed by atoms with van der Waals surface area (Å²) in [6.07, 6.45) is -0.343. The van der Waals surface area contributed by atoms with Crippen molar-refractivity contribution < 1.29 is 13.7 Å². The summed E-state index contributed by atoms with van der Waals surface area (Å²) in [6, 6.07) is 6.93. The third-order valence-corrected chi connectivity index (χ3v) is 4.21. The fourth-order valence-corrected chi connectivity index (χ4v) is 2.59. The molecule has 1 aromatic rings. The Labute approximate surface area is 111 Å². The van der Waals surface area contributed by atoms with Crippen LogP contribution in [-0.4, -0.2) is 37.2 Å². The maximum absolute atomic E-state index is 12.9. The Hall–Kier alpha value is -0.620. The van der Waals surface area contributed by atoms with Crippen molar-refractivity contribution >= 4 is 11.2 Å². The van der Waals surface area contributed by atoms with Crippen LogP contribution >= 0.6 is 0 Å². The van der Waals surface area contributed by atoms with Gasteiger partial charge in [0.25, 0.3) is 0 Å². The van der Waals surface area contributed by atoms with Gasteiger partial charge in [0.15, 0.2) is 4.90 Å². The topological polar surface area (TPSA) is 44.3 Å². The van der Waals surface area contributed by atoms with Gasteiger partial charge >= 0.3 is 0 Å². The molecule has 1 aromatic carbocycles. The Kier molecular flexibility index (Phi) is 6.63. The SMILES string of the molecule is CC[S+]([O-])c1ccc([C@@H](OC)[C@@H](CF)NC)cc1. The third kappa shape index (κ3) is 3.68. The molecule has 0 heterocycles. The van der Waals surface area contributed by atoms with Crippen LogP contribution in [0.25, 0.3) is 0 Å². The number of hydrogen-bond donors (Lipinski definition) is 1. The third-order valence-electron chi connectivity index (χ3n) is 2.89. The number of methoxy groups -OCH3 is 1. The van der Waals surface area contributed by atoms with Crippen molar-refractivity contribution in [3.63, 3.8) is 0 Å². The van der Waals surface area contributed by atoms with Crippen molar-refractivity contribution in [3.8, 4) is 0 Å². The van der Waals surface area contributed by atoms with Crippen LogP contribution in [0.15, 0.2) is 29.2 Å². The summed E-state index contributed by atoms with van der Waals surface area (Å²) in [6.45, 7) is 1.37. The van der Waals surface area contributed by atoms with E-state index in [9.17, 15) is 8.94 Å². The number of likely N-dealkylation sites (N-methyl/N-ethyl adjacent to an activating group) is 1. The second-order valence-electron chi connectivity index (χ2n) is 3.91. The van der Waals surface area contributed by atoms with E-state index in [-0.39, 0.29) is 12.1 Å². The van der Waals surface area contributed by atoms with Gasteiger partial charge in [0.05, 0.1) is 12.1 Å². The second kappa shape index (κ2) is 7.74. The van der Waals surface area contributed by atoms with Gasteiger partial charge in [-0.05, 0) is 42.8 Å². The molecule has 1 unspecified atom stereocenters. The standard InChI is InChI=1S/C13H20FNO2S/c1-4-18(16)11-7-5-10(6-8-11)13(17-3)12(9-14)15-2/h5-8,12-13,15H,4,9H2,1-3H3/t12-,13-,18?/m1/s1. The molecule has 0 spiro atoms. The lowest BCUT2D eigenvalue weighted by Crippen LogP contribution is -2.35. The molecule has 0 aliphatic rings. The molecular formula is C13H20FNO2S. The summed E-state index contributed by atoms with van der Waals surface area (Å²) < 4.78 is 29.8. The minimum atomic E-state index is -0.959. The molecule has 0 saturated heterocycles. The predicted molar refractivity (Wildman–Crippen MR) is 72.0 cm³/mol. The fourth-order valence-electron chi connectivity index (χ4n) is 1.82. The van der Waals surface area contributed by atoms with Crippen LogP contribution in [0, 0.1) is 0 Å². The van der Waals surface area contributed by atoms with Crippen LogP contribution in [0.3, 0.4) is 0 Å². The highest BCUT2D eigenvalue weighted by molar-refractivity contribution is 7.91.